The van der Waals surface area contributed by atoms with Crippen molar-refractivity contribution in [3.8, 4) is 11.5 Å². The van der Waals surface area contributed by atoms with Gasteiger partial charge < -0.3 is 14.4 Å². The van der Waals surface area contributed by atoms with Crippen LogP contribution in [-0.4, -0.2) is 32.5 Å². The van der Waals surface area contributed by atoms with E-state index in [1.54, 1.807) is 23.1 Å². The Morgan fingerprint density at radius 2 is 1.81 bits per heavy atom. The molecule has 3 aromatic rings. The summed E-state index contributed by atoms with van der Waals surface area (Å²) in [6, 6.07) is 18.7. The number of likely N-dealkylation sites (N-methyl/N-ethyl adjacent to an activating group) is 1. The molecule has 138 valence electrons. The normalized spacial score (nSPS) is 10.4. The third-order valence-corrected chi connectivity index (χ3v) is 4.35. The van der Waals surface area contributed by atoms with Gasteiger partial charge in [-0.3, -0.25) is 9.59 Å². The number of anilines is 1. The lowest BCUT2D eigenvalue weighted by molar-refractivity contribution is -0.120. The highest BCUT2D eigenvalue weighted by Gasteiger charge is 2.18. The molecule has 0 aliphatic rings. The van der Waals surface area contributed by atoms with Crippen molar-refractivity contribution in [1.82, 2.24) is 0 Å². The monoisotopic (exact) mass is 363 g/mol. The SMILES string of the molecule is CCN(C(=O)COc1cc(C=O)ccc1OC)c1cccc2ccccc12. The fraction of sp³-hybridized carbons (Fsp3) is 0.182. The number of carbonyl (C=O) groups is 2. The number of hydrogen-bond donors (Lipinski definition) is 0. The van der Waals surface area contributed by atoms with Crippen LogP contribution in [0.2, 0.25) is 0 Å². The molecular weight excluding hydrogens is 342 g/mol. The first-order chi connectivity index (χ1) is 13.2. The van der Waals surface area contributed by atoms with Crippen molar-refractivity contribution in [2.75, 3.05) is 25.2 Å². The highest BCUT2D eigenvalue weighted by atomic mass is 16.5. The molecule has 3 aromatic carbocycles. The number of nitrogens with zero attached hydrogens (tertiary/aromatic N) is 1. The number of carbonyl (C=O) groups excluding carboxylic acids is 2. The van der Waals surface area contributed by atoms with Gasteiger partial charge in [0.15, 0.2) is 18.1 Å². The van der Waals surface area contributed by atoms with Gasteiger partial charge in [0.2, 0.25) is 0 Å². The van der Waals surface area contributed by atoms with Gasteiger partial charge in [0, 0.05) is 17.5 Å². The van der Waals surface area contributed by atoms with Crippen LogP contribution in [0.4, 0.5) is 5.69 Å². The van der Waals surface area contributed by atoms with Crippen molar-refractivity contribution < 1.29 is 19.1 Å². The number of ether oxygens (including phenoxy) is 2. The minimum atomic E-state index is -0.174. The lowest BCUT2D eigenvalue weighted by atomic mass is 10.1. The van der Waals surface area contributed by atoms with Crippen LogP contribution in [0.25, 0.3) is 10.8 Å². The molecule has 0 aliphatic carbocycles. The molecule has 0 N–H and O–H groups in total. The summed E-state index contributed by atoms with van der Waals surface area (Å²) in [6.07, 6.45) is 0.725. The molecule has 0 fully saturated rings. The average Bonchev–Trinajstić information content (AvgIpc) is 2.72. The van der Waals surface area contributed by atoms with Crippen LogP contribution >= 0.6 is 0 Å². The van der Waals surface area contributed by atoms with E-state index in [2.05, 4.69) is 0 Å². The van der Waals surface area contributed by atoms with Gasteiger partial charge in [-0.15, -0.1) is 0 Å². The van der Waals surface area contributed by atoms with Gasteiger partial charge in [-0.05, 0) is 36.6 Å². The van der Waals surface area contributed by atoms with Crippen molar-refractivity contribution in [3.05, 3.63) is 66.2 Å². The molecule has 5 heteroatoms. The number of hydrogen-bond acceptors (Lipinski definition) is 4. The Morgan fingerprint density at radius 1 is 1.04 bits per heavy atom. The number of rotatable bonds is 7. The number of benzene rings is 3. The summed E-state index contributed by atoms with van der Waals surface area (Å²) in [5.41, 5.74) is 1.30. The maximum atomic E-state index is 12.8. The second-order valence-electron chi connectivity index (χ2n) is 5.95. The number of methoxy groups -OCH3 is 1. The molecular formula is C22H21NO4. The summed E-state index contributed by atoms with van der Waals surface area (Å²) < 4.78 is 10.9. The van der Waals surface area contributed by atoms with Crippen LogP contribution in [-0.2, 0) is 4.79 Å². The second-order valence-corrected chi connectivity index (χ2v) is 5.95. The average molecular weight is 363 g/mol. The predicted molar refractivity (Wildman–Crippen MR) is 106 cm³/mol. The Balaban J connectivity index is 1.83. The van der Waals surface area contributed by atoms with Gasteiger partial charge in [-0.2, -0.15) is 0 Å². The van der Waals surface area contributed by atoms with E-state index in [0.717, 1.165) is 22.7 Å². The van der Waals surface area contributed by atoms with Crippen LogP contribution in [0.5, 0.6) is 11.5 Å². The quantitative estimate of drug-likeness (QED) is 0.593. The molecule has 0 aromatic heterocycles. The fourth-order valence-corrected chi connectivity index (χ4v) is 3.02. The van der Waals surface area contributed by atoms with E-state index in [4.69, 9.17) is 9.47 Å². The van der Waals surface area contributed by atoms with Crippen molar-refractivity contribution >= 4 is 28.7 Å². The Morgan fingerprint density at radius 3 is 2.56 bits per heavy atom. The summed E-state index contributed by atoms with van der Waals surface area (Å²) in [6.45, 7) is 2.28. The molecule has 0 heterocycles. The zero-order valence-electron chi connectivity index (χ0n) is 15.3. The molecule has 0 saturated heterocycles. The molecule has 0 bridgehead atoms. The van der Waals surface area contributed by atoms with Crippen molar-refractivity contribution in [2.45, 2.75) is 6.92 Å². The number of amides is 1. The first-order valence-corrected chi connectivity index (χ1v) is 8.72. The summed E-state index contributed by atoms with van der Waals surface area (Å²) in [4.78, 5) is 25.5. The van der Waals surface area contributed by atoms with E-state index >= 15 is 0 Å². The molecule has 5 nitrogen and oxygen atoms in total. The van der Waals surface area contributed by atoms with Gasteiger partial charge in [0.1, 0.15) is 6.29 Å². The Labute approximate surface area is 158 Å². The fourth-order valence-electron chi connectivity index (χ4n) is 3.02. The third kappa shape index (κ3) is 3.92. The van der Waals surface area contributed by atoms with Crippen LogP contribution in [0.15, 0.2) is 60.7 Å². The molecule has 0 aliphatic heterocycles. The van der Waals surface area contributed by atoms with E-state index in [0.29, 0.717) is 23.6 Å². The van der Waals surface area contributed by atoms with Crippen LogP contribution in [0, 0.1) is 0 Å². The lowest BCUT2D eigenvalue weighted by Crippen LogP contribution is -2.35. The Kier molecular flexibility index (Phi) is 5.71. The second kappa shape index (κ2) is 8.36. The van der Waals surface area contributed by atoms with E-state index in [1.165, 1.54) is 7.11 Å². The van der Waals surface area contributed by atoms with E-state index in [1.807, 2.05) is 49.4 Å². The molecule has 0 unspecified atom stereocenters. The molecule has 1 amide bonds. The van der Waals surface area contributed by atoms with Crippen LogP contribution < -0.4 is 14.4 Å². The highest BCUT2D eigenvalue weighted by molar-refractivity contribution is 6.04. The zero-order chi connectivity index (χ0) is 19.2. The Hall–Kier alpha value is -3.34. The summed E-state index contributed by atoms with van der Waals surface area (Å²) >= 11 is 0. The largest absolute Gasteiger partial charge is 0.493 e. The highest BCUT2D eigenvalue weighted by Crippen LogP contribution is 2.29. The van der Waals surface area contributed by atoms with Crippen molar-refractivity contribution in [2.24, 2.45) is 0 Å². The topological polar surface area (TPSA) is 55.8 Å². The molecule has 0 atom stereocenters. The van der Waals surface area contributed by atoms with E-state index < -0.39 is 0 Å². The standard InChI is InChI=1S/C22H21NO4/c1-3-23(19-10-6-8-17-7-4-5-9-18(17)19)22(25)15-27-21-13-16(14-24)11-12-20(21)26-2/h4-14H,3,15H2,1-2H3. The maximum Gasteiger partial charge on any atom is 0.264 e. The van der Waals surface area contributed by atoms with E-state index in [-0.39, 0.29) is 12.5 Å². The minimum absolute atomic E-state index is 0.157. The first-order valence-electron chi connectivity index (χ1n) is 8.72. The summed E-state index contributed by atoms with van der Waals surface area (Å²) in [5.74, 6) is 0.665. The first kappa shape index (κ1) is 18.5. The predicted octanol–water partition coefficient (Wildman–Crippen LogP) is 4.09. The molecule has 0 radical (unpaired) electrons. The van der Waals surface area contributed by atoms with Crippen LogP contribution in [0.1, 0.15) is 17.3 Å². The minimum Gasteiger partial charge on any atom is -0.493 e. The van der Waals surface area contributed by atoms with Gasteiger partial charge in [0.05, 0.1) is 12.8 Å². The molecule has 27 heavy (non-hydrogen) atoms. The molecule has 0 spiro atoms. The molecule has 0 saturated carbocycles. The van der Waals surface area contributed by atoms with Crippen LogP contribution in [0.3, 0.4) is 0 Å². The van der Waals surface area contributed by atoms with Gasteiger partial charge in [-0.25, -0.2) is 0 Å². The number of fused-ring (bicyclic) bond motifs is 1. The third-order valence-electron chi connectivity index (χ3n) is 4.35. The van der Waals surface area contributed by atoms with Crippen molar-refractivity contribution in [3.63, 3.8) is 0 Å². The maximum absolute atomic E-state index is 12.8. The van der Waals surface area contributed by atoms with Gasteiger partial charge in [0.25, 0.3) is 5.91 Å². The van der Waals surface area contributed by atoms with E-state index in [9.17, 15) is 9.59 Å². The lowest BCUT2D eigenvalue weighted by Gasteiger charge is -2.23. The summed E-state index contributed by atoms with van der Waals surface area (Å²) in [5, 5.41) is 2.08. The zero-order valence-corrected chi connectivity index (χ0v) is 15.3. The smallest absolute Gasteiger partial charge is 0.264 e. The molecule has 3 rings (SSSR count). The van der Waals surface area contributed by atoms with Crippen molar-refractivity contribution in [1.29, 1.82) is 0 Å². The summed E-state index contributed by atoms with van der Waals surface area (Å²) in [7, 11) is 1.51. The Bertz CT molecular complexity index is 962. The number of aldehydes is 1. The van der Waals surface area contributed by atoms with Gasteiger partial charge in [-0.1, -0.05) is 36.4 Å². The van der Waals surface area contributed by atoms with Gasteiger partial charge >= 0.3 is 0 Å².